The van der Waals surface area contributed by atoms with Crippen molar-refractivity contribution in [1.29, 1.82) is 0 Å². The van der Waals surface area contributed by atoms with Crippen molar-refractivity contribution in [3.8, 4) is 0 Å². The van der Waals surface area contributed by atoms with Gasteiger partial charge in [0, 0.05) is 18.9 Å². The van der Waals surface area contributed by atoms with Crippen molar-refractivity contribution in [2.24, 2.45) is 0 Å². The fraction of sp³-hybridized carbons (Fsp3) is 0.200. The van der Waals surface area contributed by atoms with E-state index in [1.54, 1.807) is 6.92 Å². The van der Waals surface area contributed by atoms with E-state index >= 15 is 0 Å². The minimum Gasteiger partial charge on any atom is -0.477 e. The molecule has 0 aliphatic rings. The topological polar surface area (TPSA) is 117 Å². The molecule has 0 spiro atoms. The van der Waals surface area contributed by atoms with Crippen LogP contribution in [0.15, 0.2) is 29.6 Å². The lowest BCUT2D eigenvalue weighted by Gasteiger charge is -2.02. The second-order valence-electron chi connectivity index (χ2n) is 3.74. The van der Waals surface area contributed by atoms with E-state index < -0.39 is 16.0 Å². The Kier molecular flexibility index (Phi) is 3.30. The van der Waals surface area contributed by atoms with Gasteiger partial charge in [-0.15, -0.1) is 0 Å². The van der Waals surface area contributed by atoms with Crippen LogP contribution in [-0.2, 0) is 16.6 Å². The zero-order chi connectivity index (χ0) is 14.0. The van der Waals surface area contributed by atoms with Crippen LogP contribution in [0.25, 0.3) is 0 Å². The number of carbonyl (C=O) groups is 1. The van der Waals surface area contributed by atoms with Gasteiger partial charge in [0.05, 0.1) is 11.9 Å². The van der Waals surface area contributed by atoms with Gasteiger partial charge in [0.1, 0.15) is 10.6 Å². The summed E-state index contributed by atoms with van der Waals surface area (Å²) < 4.78 is 27.7. The lowest BCUT2D eigenvalue weighted by Crippen LogP contribution is -2.11. The van der Waals surface area contributed by atoms with E-state index in [0.29, 0.717) is 6.54 Å². The van der Waals surface area contributed by atoms with Crippen LogP contribution in [-0.4, -0.2) is 34.3 Å². The summed E-state index contributed by atoms with van der Waals surface area (Å²) in [6.45, 7) is 2.09. The van der Waals surface area contributed by atoms with Gasteiger partial charge in [0.2, 0.25) is 0 Å². The summed E-state index contributed by atoms with van der Waals surface area (Å²) in [7, 11) is -3.82. The molecular weight excluding hydrogens is 272 g/mol. The number of carboxylic acids is 1. The first-order valence-electron chi connectivity index (χ1n) is 5.39. The Balaban J connectivity index is 2.38. The summed E-state index contributed by atoms with van der Waals surface area (Å²) in [5, 5.41) is 15.1. The average Bonchev–Trinajstić information content (AvgIpc) is 2.95. The third kappa shape index (κ3) is 2.60. The Bertz CT molecular complexity index is 687. The maximum atomic E-state index is 12.0. The molecule has 9 heteroatoms. The molecule has 2 aromatic heterocycles. The van der Waals surface area contributed by atoms with Crippen LogP contribution in [0.1, 0.15) is 17.4 Å². The van der Waals surface area contributed by atoms with Gasteiger partial charge in [-0.2, -0.15) is 5.10 Å². The molecule has 102 valence electrons. The Morgan fingerprint density at radius 2 is 2.32 bits per heavy atom. The molecule has 0 radical (unpaired) electrons. The van der Waals surface area contributed by atoms with Crippen LogP contribution in [0, 0.1) is 0 Å². The molecule has 2 aromatic rings. The fourth-order valence-corrected chi connectivity index (χ4v) is 2.66. The first kappa shape index (κ1) is 13.1. The summed E-state index contributed by atoms with van der Waals surface area (Å²) in [6, 6.07) is 1.12. The van der Waals surface area contributed by atoms with Gasteiger partial charge < -0.3 is 9.67 Å². The molecule has 2 heterocycles. The number of hydrogen-bond donors (Lipinski definition) is 3. The predicted molar refractivity (Wildman–Crippen MR) is 66.5 cm³/mol. The first-order chi connectivity index (χ1) is 8.94. The molecule has 0 amide bonds. The fourth-order valence-electron chi connectivity index (χ4n) is 1.59. The van der Waals surface area contributed by atoms with Gasteiger partial charge in [-0.1, -0.05) is 0 Å². The van der Waals surface area contributed by atoms with E-state index in [-0.39, 0.29) is 16.3 Å². The van der Waals surface area contributed by atoms with Crippen molar-refractivity contribution in [2.45, 2.75) is 18.4 Å². The number of rotatable bonds is 5. The number of aromatic nitrogens is 3. The highest BCUT2D eigenvalue weighted by atomic mass is 32.2. The maximum Gasteiger partial charge on any atom is 0.352 e. The molecule has 0 unspecified atom stereocenters. The van der Waals surface area contributed by atoms with Crippen LogP contribution < -0.4 is 4.72 Å². The summed E-state index contributed by atoms with van der Waals surface area (Å²) in [4.78, 5) is 10.9. The molecule has 0 fully saturated rings. The number of anilines is 1. The van der Waals surface area contributed by atoms with Crippen molar-refractivity contribution in [2.75, 3.05) is 4.72 Å². The number of sulfonamides is 1. The second kappa shape index (κ2) is 4.76. The van der Waals surface area contributed by atoms with Crippen LogP contribution in [0.5, 0.6) is 0 Å². The maximum absolute atomic E-state index is 12.0. The standard InChI is InChI=1S/C10H12N4O4S/c1-2-14-6-8(3-9(14)10(15)16)19(17,18)13-7-4-11-12-5-7/h3-6,13H,2H2,1H3,(H,11,12)(H,15,16). The number of aromatic amines is 1. The molecule has 0 aliphatic heterocycles. The summed E-state index contributed by atoms with van der Waals surface area (Å²) in [5.41, 5.74) is 0.205. The van der Waals surface area contributed by atoms with Crippen molar-refractivity contribution in [1.82, 2.24) is 14.8 Å². The van der Waals surface area contributed by atoms with E-state index in [0.717, 1.165) is 6.07 Å². The normalized spacial score (nSPS) is 11.4. The largest absolute Gasteiger partial charge is 0.477 e. The van der Waals surface area contributed by atoms with Crippen molar-refractivity contribution in [3.63, 3.8) is 0 Å². The molecule has 3 N–H and O–H groups in total. The molecule has 19 heavy (non-hydrogen) atoms. The van der Waals surface area contributed by atoms with E-state index in [1.165, 1.54) is 23.2 Å². The number of aromatic carboxylic acids is 1. The predicted octanol–water partition coefficient (Wildman–Crippen LogP) is 0.730. The molecule has 8 nitrogen and oxygen atoms in total. The van der Waals surface area contributed by atoms with Gasteiger partial charge >= 0.3 is 5.97 Å². The molecule has 0 saturated carbocycles. The summed E-state index contributed by atoms with van der Waals surface area (Å²) >= 11 is 0. The molecule has 2 rings (SSSR count). The molecule has 0 aliphatic carbocycles. The van der Waals surface area contributed by atoms with Gasteiger partial charge in [-0.05, 0) is 13.0 Å². The van der Waals surface area contributed by atoms with Crippen molar-refractivity contribution < 1.29 is 18.3 Å². The van der Waals surface area contributed by atoms with Gasteiger partial charge in [-0.3, -0.25) is 9.82 Å². The molecule has 0 saturated heterocycles. The van der Waals surface area contributed by atoms with E-state index in [4.69, 9.17) is 5.11 Å². The number of nitrogens with one attached hydrogen (secondary N) is 2. The van der Waals surface area contributed by atoms with E-state index in [9.17, 15) is 13.2 Å². The van der Waals surface area contributed by atoms with Crippen LogP contribution in [0.4, 0.5) is 5.69 Å². The smallest absolute Gasteiger partial charge is 0.352 e. The summed E-state index contributed by atoms with van der Waals surface area (Å²) in [5.74, 6) is -1.17. The zero-order valence-electron chi connectivity index (χ0n) is 9.99. The average molecular weight is 284 g/mol. The molecule has 0 atom stereocenters. The zero-order valence-corrected chi connectivity index (χ0v) is 10.8. The number of nitrogens with zero attached hydrogens (tertiary/aromatic N) is 2. The molecule has 0 bridgehead atoms. The van der Waals surface area contributed by atoms with Crippen LogP contribution in [0.2, 0.25) is 0 Å². The number of hydrogen-bond acceptors (Lipinski definition) is 4. The number of carboxylic acid groups (broad SMARTS) is 1. The lowest BCUT2D eigenvalue weighted by molar-refractivity contribution is 0.0685. The minimum atomic E-state index is -3.82. The summed E-state index contributed by atoms with van der Waals surface area (Å²) in [6.07, 6.45) is 3.98. The number of aryl methyl sites for hydroxylation is 1. The highest BCUT2D eigenvalue weighted by Gasteiger charge is 2.21. The van der Waals surface area contributed by atoms with Gasteiger partial charge in [0.25, 0.3) is 10.0 Å². The first-order valence-corrected chi connectivity index (χ1v) is 6.87. The Hall–Kier alpha value is -2.29. The quantitative estimate of drug-likeness (QED) is 0.748. The SMILES string of the molecule is CCn1cc(S(=O)(=O)Nc2cn[nH]c2)cc1C(=O)O. The van der Waals surface area contributed by atoms with E-state index in [1.807, 2.05) is 0 Å². The Morgan fingerprint density at radius 3 is 2.79 bits per heavy atom. The lowest BCUT2D eigenvalue weighted by atomic mass is 10.4. The number of H-pyrrole nitrogens is 1. The van der Waals surface area contributed by atoms with E-state index in [2.05, 4.69) is 14.9 Å². The Labute approximate surface area is 109 Å². The monoisotopic (exact) mass is 284 g/mol. The second-order valence-corrected chi connectivity index (χ2v) is 5.43. The third-order valence-corrected chi connectivity index (χ3v) is 3.84. The minimum absolute atomic E-state index is 0.0740. The van der Waals surface area contributed by atoms with Gasteiger partial charge in [0.15, 0.2) is 0 Å². The third-order valence-electron chi connectivity index (χ3n) is 2.49. The highest BCUT2D eigenvalue weighted by molar-refractivity contribution is 7.92. The van der Waals surface area contributed by atoms with Crippen molar-refractivity contribution in [3.05, 3.63) is 30.4 Å². The Morgan fingerprint density at radius 1 is 1.58 bits per heavy atom. The van der Waals surface area contributed by atoms with Crippen LogP contribution >= 0.6 is 0 Å². The highest BCUT2D eigenvalue weighted by Crippen LogP contribution is 2.18. The van der Waals surface area contributed by atoms with Crippen LogP contribution in [0.3, 0.4) is 0 Å². The van der Waals surface area contributed by atoms with Gasteiger partial charge in [-0.25, -0.2) is 13.2 Å². The molecular formula is C10H12N4O4S. The van der Waals surface area contributed by atoms with Crippen molar-refractivity contribution >= 4 is 21.7 Å². The molecule has 0 aromatic carbocycles.